The van der Waals surface area contributed by atoms with Gasteiger partial charge in [0.25, 0.3) is 5.91 Å². The Bertz CT molecular complexity index is 564. The van der Waals surface area contributed by atoms with Crippen LogP contribution in [0.4, 0.5) is 0 Å². The van der Waals surface area contributed by atoms with E-state index in [9.17, 15) is 9.90 Å². The first kappa shape index (κ1) is 18.2. The van der Waals surface area contributed by atoms with Crippen LogP contribution in [0.15, 0.2) is 24.3 Å². The maximum Gasteiger partial charge on any atom is 0.260 e. The standard InChI is InChI=1S/C20H30N2O3/c23-19(22-12-6-7-13-22)15-25-18-9-3-2-8-17(18)14-21-16-20(24)10-4-1-5-11-20/h2-3,8-9,21,24H,1,4-7,10-16H2. The highest BCUT2D eigenvalue weighted by atomic mass is 16.5. The van der Waals surface area contributed by atoms with Gasteiger partial charge in [-0.25, -0.2) is 0 Å². The lowest BCUT2D eigenvalue weighted by atomic mass is 9.85. The second kappa shape index (κ2) is 8.68. The van der Waals surface area contributed by atoms with Crippen LogP contribution in [0, 0.1) is 0 Å². The number of hydrogen-bond acceptors (Lipinski definition) is 4. The second-order valence-corrected chi connectivity index (χ2v) is 7.37. The van der Waals surface area contributed by atoms with Crippen molar-refractivity contribution in [3.63, 3.8) is 0 Å². The number of likely N-dealkylation sites (tertiary alicyclic amines) is 1. The number of nitrogens with zero attached hydrogens (tertiary/aromatic N) is 1. The van der Waals surface area contributed by atoms with Gasteiger partial charge < -0.3 is 20.1 Å². The molecule has 25 heavy (non-hydrogen) atoms. The average molecular weight is 346 g/mol. The highest BCUT2D eigenvalue weighted by Crippen LogP contribution is 2.27. The second-order valence-electron chi connectivity index (χ2n) is 7.37. The molecule has 1 aliphatic carbocycles. The molecule has 2 fully saturated rings. The number of carbonyl (C=O) groups is 1. The third kappa shape index (κ3) is 5.19. The molecule has 1 aliphatic heterocycles. The lowest BCUT2D eigenvalue weighted by Gasteiger charge is -2.32. The molecule has 0 aromatic heterocycles. The number of rotatable bonds is 7. The molecule has 5 heteroatoms. The summed E-state index contributed by atoms with van der Waals surface area (Å²) in [6.07, 6.45) is 7.38. The number of ether oxygens (including phenoxy) is 1. The molecule has 1 aromatic carbocycles. The zero-order valence-corrected chi connectivity index (χ0v) is 15.0. The summed E-state index contributed by atoms with van der Waals surface area (Å²) < 4.78 is 5.79. The highest BCUT2D eigenvalue weighted by Gasteiger charge is 2.28. The predicted molar refractivity (Wildman–Crippen MR) is 97.5 cm³/mol. The van der Waals surface area contributed by atoms with Gasteiger partial charge in [-0.05, 0) is 31.7 Å². The molecule has 0 atom stereocenters. The molecule has 3 rings (SSSR count). The van der Waals surface area contributed by atoms with Gasteiger partial charge in [0.2, 0.25) is 0 Å². The van der Waals surface area contributed by atoms with E-state index in [2.05, 4.69) is 5.32 Å². The fourth-order valence-corrected chi connectivity index (χ4v) is 3.80. The Morgan fingerprint density at radius 2 is 1.84 bits per heavy atom. The summed E-state index contributed by atoms with van der Waals surface area (Å²) in [5.41, 5.74) is 0.455. The number of para-hydroxylation sites is 1. The molecular weight excluding hydrogens is 316 g/mol. The van der Waals surface area contributed by atoms with Gasteiger partial charge in [0, 0.05) is 31.7 Å². The molecule has 1 saturated heterocycles. The van der Waals surface area contributed by atoms with Crippen LogP contribution in [0.5, 0.6) is 5.75 Å². The molecule has 5 nitrogen and oxygen atoms in total. The molecule has 1 amide bonds. The van der Waals surface area contributed by atoms with Crippen molar-refractivity contribution in [2.24, 2.45) is 0 Å². The summed E-state index contributed by atoms with van der Waals surface area (Å²) in [6, 6.07) is 7.81. The van der Waals surface area contributed by atoms with Crippen molar-refractivity contribution in [3.05, 3.63) is 29.8 Å². The van der Waals surface area contributed by atoms with Crippen molar-refractivity contribution < 1.29 is 14.6 Å². The quantitative estimate of drug-likeness (QED) is 0.796. The molecule has 1 heterocycles. The fourth-order valence-electron chi connectivity index (χ4n) is 3.80. The monoisotopic (exact) mass is 346 g/mol. The maximum absolute atomic E-state index is 12.1. The Kier molecular flexibility index (Phi) is 6.32. The van der Waals surface area contributed by atoms with E-state index < -0.39 is 5.60 Å². The smallest absolute Gasteiger partial charge is 0.260 e. The number of carbonyl (C=O) groups excluding carboxylic acids is 1. The van der Waals surface area contributed by atoms with Gasteiger partial charge in [-0.15, -0.1) is 0 Å². The lowest BCUT2D eigenvalue weighted by Crippen LogP contribution is -2.41. The third-order valence-corrected chi connectivity index (χ3v) is 5.34. The number of amides is 1. The van der Waals surface area contributed by atoms with Gasteiger partial charge in [-0.2, -0.15) is 0 Å². The third-order valence-electron chi connectivity index (χ3n) is 5.34. The molecule has 1 aromatic rings. The Balaban J connectivity index is 1.49. The summed E-state index contributed by atoms with van der Waals surface area (Å²) in [4.78, 5) is 14.0. The van der Waals surface area contributed by atoms with Crippen molar-refractivity contribution in [2.75, 3.05) is 26.2 Å². The largest absolute Gasteiger partial charge is 0.483 e. The van der Waals surface area contributed by atoms with Gasteiger partial charge >= 0.3 is 0 Å². The van der Waals surface area contributed by atoms with E-state index in [0.29, 0.717) is 13.1 Å². The van der Waals surface area contributed by atoms with Crippen LogP contribution in [0.25, 0.3) is 0 Å². The van der Waals surface area contributed by atoms with Crippen molar-refractivity contribution in [2.45, 2.75) is 57.1 Å². The number of aliphatic hydroxyl groups is 1. The van der Waals surface area contributed by atoms with E-state index in [1.165, 1.54) is 6.42 Å². The molecule has 2 N–H and O–H groups in total. The zero-order chi connectivity index (χ0) is 17.5. The van der Waals surface area contributed by atoms with Crippen LogP contribution in [0.1, 0.15) is 50.5 Å². The minimum atomic E-state index is -0.570. The van der Waals surface area contributed by atoms with Gasteiger partial charge in [-0.1, -0.05) is 37.5 Å². The Morgan fingerprint density at radius 3 is 2.60 bits per heavy atom. The predicted octanol–water partition coefficient (Wildman–Crippen LogP) is 2.47. The minimum Gasteiger partial charge on any atom is -0.483 e. The molecule has 0 unspecified atom stereocenters. The van der Waals surface area contributed by atoms with Crippen LogP contribution in [-0.2, 0) is 11.3 Å². The molecule has 0 bridgehead atoms. The molecular formula is C20H30N2O3. The first-order chi connectivity index (χ1) is 12.2. The zero-order valence-electron chi connectivity index (χ0n) is 15.0. The molecule has 1 saturated carbocycles. The molecule has 0 spiro atoms. The fraction of sp³-hybridized carbons (Fsp3) is 0.650. The summed E-state index contributed by atoms with van der Waals surface area (Å²) >= 11 is 0. The van der Waals surface area contributed by atoms with Crippen LogP contribution < -0.4 is 10.1 Å². The molecule has 0 radical (unpaired) electrons. The van der Waals surface area contributed by atoms with Crippen molar-refractivity contribution in [1.29, 1.82) is 0 Å². The lowest BCUT2D eigenvalue weighted by molar-refractivity contribution is -0.132. The average Bonchev–Trinajstić information content (AvgIpc) is 3.16. The SMILES string of the molecule is O=C(COc1ccccc1CNCC1(O)CCCCC1)N1CCCC1. The van der Waals surface area contributed by atoms with Crippen molar-refractivity contribution >= 4 is 5.91 Å². The first-order valence-corrected chi connectivity index (χ1v) is 9.58. The topological polar surface area (TPSA) is 61.8 Å². The minimum absolute atomic E-state index is 0.0665. The van der Waals surface area contributed by atoms with E-state index in [0.717, 1.165) is 62.9 Å². The normalized spacial score (nSPS) is 19.8. The van der Waals surface area contributed by atoms with Gasteiger partial charge in [0.05, 0.1) is 5.60 Å². The van der Waals surface area contributed by atoms with E-state index in [-0.39, 0.29) is 12.5 Å². The first-order valence-electron chi connectivity index (χ1n) is 9.58. The summed E-state index contributed by atoms with van der Waals surface area (Å²) in [5, 5.41) is 13.9. The highest BCUT2D eigenvalue weighted by molar-refractivity contribution is 5.78. The van der Waals surface area contributed by atoms with Gasteiger partial charge in [0.15, 0.2) is 6.61 Å². The number of hydrogen-bond donors (Lipinski definition) is 2. The van der Waals surface area contributed by atoms with E-state index >= 15 is 0 Å². The summed E-state index contributed by atoms with van der Waals surface area (Å²) in [7, 11) is 0. The van der Waals surface area contributed by atoms with Gasteiger partial charge in [0.1, 0.15) is 5.75 Å². The van der Waals surface area contributed by atoms with Crippen LogP contribution in [0.2, 0.25) is 0 Å². The maximum atomic E-state index is 12.1. The van der Waals surface area contributed by atoms with E-state index in [4.69, 9.17) is 4.74 Å². The van der Waals surface area contributed by atoms with E-state index in [1.54, 1.807) is 0 Å². The summed E-state index contributed by atoms with van der Waals surface area (Å²) in [5.74, 6) is 0.815. The Morgan fingerprint density at radius 1 is 1.12 bits per heavy atom. The number of benzene rings is 1. The Labute approximate surface area is 150 Å². The van der Waals surface area contributed by atoms with Crippen LogP contribution in [0.3, 0.4) is 0 Å². The van der Waals surface area contributed by atoms with Crippen molar-refractivity contribution in [1.82, 2.24) is 10.2 Å². The van der Waals surface area contributed by atoms with Crippen LogP contribution >= 0.6 is 0 Å². The summed E-state index contributed by atoms with van der Waals surface area (Å²) in [6.45, 7) is 3.04. The van der Waals surface area contributed by atoms with Crippen molar-refractivity contribution in [3.8, 4) is 5.75 Å². The van der Waals surface area contributed by atoms with Gasteiger partial charge in [-0.3, -0.25) is 4.79 Å². The van der Waals surface area contributed by atoms with Crippen LogP contribution in [-0.4, -0.2) is 47.8 Å². The molecule has 138 valence electrons. The number of nitrogens with one attached hydrogen (secondary N) is 1. The molecule has 2 aliphatic rings. The van der Waals surface area contributed by atoms with E-state index in [1.807, 2.05) is 29.2 Å². The Hall–Kier alpha value is -1.59.